The molecule has 2 aliphatic heterocycles. The molecule has 0 radical (unpaired) electrons. The van der Waals surface area contributed by atoms with E-state index in [9.17, 15) is 0 Å². The van der Waals surface area contributed by atoms with Gasteiger partial charge in [-0.1, -0.05) is 6.92 Å². The summed E-state index contributed by atoms with van der Waals surface area (Å²) in [6.45, 7) is 2.17. The van der Waals surface area contributed by atoms with E-state index in [0.717, 1.165) is 18.5 Å². The molecule has 2 heterocycles. The molecule has 3 nitrogen and oxygen atoms in total. The predicted molar refractivity (Wildman–Crippen MR) is 65.0 cm³/mol. The summed E-state index contributed by atoms with van der Waals surface area (Å²) in [5, 5.41) is 12.4. The zero-order valence-corrected chi connectivity index (χ0v) is 10.4. The van der Waals surface area contributed by atoms with Crippen molar-refractivity contribution in [3.8, 4) is 6.07 Å². The zero-order chi connectivity index (χ0) is 11.5. The molecule has 2 bridgehead atoms. The SMILES string of the molecule is CCC(CC#N)NC1CC2CCC(C1)N2C. The minimum atomic E-state index is 0.401. The van der Waals surface area contributed by atoms with Crippen LogP contribution in [0.15, 0.2) is 0 Å². The Hall–Kier alpha value is -0.590. The average Bonchev–Trinajstić information content (AvgIpc) is 2.53. The first-order valence-corrected chi connectivity index (χ1v) is 6.59. The molecular formula is C13H23N3. The van der Waals surface area contributed by atoms with Crippen molar-refractivity contribution in [2.75, 3.05) is 7.05 Å². The van der Waals surface area contributed by atoms with Gasteiger partial charge in [0.2, 0.25) is 0 Å². The Morgan fingerprint density at radius 3 is 2.50 bits per heavy atom. The van der Waals surface area contributed by atoms with Crippen molar-refractivity contribution in [1.29, 1.82) is 5.26 Å². The van der Waals surface area contributed by atoms with Crippen molar-refractivity contribution in [2.45, 2.75) is 69.6 Å². The maximum Gasteiger partial charge on any atom is 0.0638 e. The van der Waals surface area contributed by atoms with Crippen molar-refractivity contribution in [1.82, 2.24) is 10.2 Å². The van der Waals surface area contributed by atoms with Gasteiger partial charge in [-0.15, -0.1) is 0 Å². The molecule has 0 aromatic heterocycles. The molecule has 0 amide bonds. The first kappa shape index (κ1) is 11.9. The summed E-state index contributed by atoms with van der Waals surface area (Å²) >= 11 is 0. The molecule has 0 spiro atoms. The Morgan fingerprint density at radius 1 is 1.38 bits per heavy atom. The maximum absolute atomic E-state index is 8.76. The zero-order valence-electron chi connectivity index (χ0n) is 10.4. The van der Waals surface area contributed by atoms with Crippen LogP contribution in [0.1, 0.15) is 45.4 Å². The monoisotopic (exact) mass is 221 g/mol. The normalized spacial score (nSPS) is 35.9. The third kappa shape index (κ3) is 2.39. The van der Waals surface area contributed by atoms with Gasteiger partial charge in [-0.05, 0) is 39.2 Å². The van der Waals surface area contributed by atoms with E-state index < -0.39 is 0 Å². The molecule has 2 fully saturated rings. The van der Waals surface area contributed by atoms with E-state index in [1.165, 1.54) is 25.7 Å². The Kier molecular flexibility index (Phi) is 3.83. The lowest BCUT2D eigenvalue weighted by Crippen LogP contribution is -2.49. The van der Waals surface area contributed by atoms with E-state index in [-0.39, 0.29) is 0 Å². The summed E-state index contributed by atoms with van der Waals surface area (Å²) < 4.78 is 0. The lowest BCUT2D eigenvalue weighted by molar-refractivity contribution is 0.143. The fourth-order valence-corrected chi connectivity index (χ4v) is 3.31. The van der Waals surface area contributed by atoms with Crippen LogP contribution in [0.3, 0.4) is 0 Å². The highest BCUT2D eigenvalue weighted by molar-refractivity contribution is 4.97. The Labute approximate surface area is 98.8 Å². The van der Waals surface area contributed by atoms with E-state index in [0.29, 0.717) is 18.5 Å². The molecule has 0 aromatic carbocycles. The minimum Gasteiger partial charge on any atom is -0.310 e. The van der Waals surface area contributed by atoms with Gasteiger partial charge < -0.3 is 10.2 Å². The lowest BCUT2D eigenvalue weighted by atomic mass is 9.96. The molecule has 0 saturated carbocycles. The maximum atomic E-state index is 8.76. The summed E-state index contributed by atoms with van der Waals surface area (Å²) in [6, 6.07) is 4.90. The van der Waals surface area contributed by atoms with Crippen LogP contribution in [0, 0.1) is 11.3 Å². The van der Waals surface area contributed by atoms with E-state index in [2.05, 4.69) is 30.3 Å². The predicted octanol–water partition coefficient (Wildman–Crippen LogP) is 1.89. The molecular weight excluding hydrogens is 198 g/mol. The molecule has 2 aliphatic rings. The third-order valence-electron chi connectivity index (χ3n) is 4.40. The number of fused-ring (bicyclic) bond motifs is 2. The molecule has 3 heteroatoms. The van der Waals surface area contributed by atoms with Crippen LogP contribution in [0.25, 0.3) is 0 Å². The molecule has 2 rings (SSSR count). The van der Waals surface area contributed by atoms with Gasteiger partial charge in [-0.25, -0.2) is 0 Å². The quantitative estimate of drug-likeness (QED) is 0.788. The van der Waals surface area contributed by atoms with E-state index in [1.807, 2.05) is 0 Å². The first-order valence-electron chi connectivity index (χ1n) is 6.59. The van der Waals surface area contributed by atoms with Gasteiger partial charge in [0.05, 0.1) is 12.5 Å². The summed E-state index contributed by atoms with van der Waals surface area (Å²) in [7, 11) is 2.27. The topological polar surface area (TPSA) is 39.1 Å². The van der Waals surface area contributed by atoms with E-state index >= 15 is 0 Å². The smallest absolute Gasteiger partial charge is 0.0638 e. The highest BCUT2D eigenvalue weighted by Gasteiger charge is 2.38. The second kappa shape index (κ2) is 5.16. The fraction of sp³-hybridized carbons (Fsp3) is 0.923. The lowest BCUT2D eigenvalue weighted by Gasteiger charge is -2.38. The number of nitrogens with one attached hydrogen (secondary N) is 1. The van der Waals surface area contributed by atoms with Crippen LogP contribution in [0.5, 0.6) is 0 Å². The fourth-order valence-electron chi connectivity index (χ4n) is 3.31. The van der Waals surface area contributed by atoms with Crippen molar-refractivity contribution in [2.24, 2.45) is 0 Å². The number of hydrogen-bond acceptors (Lipinski definition) is 3. The van der Waals surface area contributed by atoms with Crippen molar-refractivity contribution in [3.05, 3.63) is 0 Å². The minimum absolute atomic E-state index is 0.401. The largest absolute Gasteiger partial charge is 0.310 e. The Morgan fingerprint density at radius 2 is 2.00 bits per heavy atom. The second-order valence-corrected chi connectivity index (χ2v) is 5.35. The standard InChI is InChI=1S/C13H23N3/c1-3-10(6-7-14)15-11-8-12-4-5-13(9-11)16(12)2/h10-13,15H,3-6,8-9H2,1-2H3. The number of rotatable bonds is 4. The number of piperidine rings is 1. The van der Waals surface area contributed by atoms with Crippen molar-refractivity contribution < 1.29 is 0 Å². The van der Waals surface area contributed by atoms with E-state index in [1.54, 1.807) is 0 Å². The molecule has 90 valence electrons. The van der Waals surface area contributed by atoms with Gasteiger partial charge >= 0.3 is 0 Å². The van der Waals surface area contributed by atoms with Gasteiger partial charge in [-0.3, -0.25) is 0 Å². The summed E-state index contributed by atoms with van der Waals surface area (Å²) in [5.74, 6) is 0. The first-order chi connectivity index (χ1) is 7.74. The second-order valence-electron chi connectivity index (χ2n) is 5.35. The number of nitriles is 1. The van der Waals surface area contributed by atoms with Gasteiger partial charge in [0.15, 0.2) is 0 Å². The molecule has 3 unspecified atom stereocenters. The highest BCUT2D eigenvalue weighted by Crippen LogP contribution is 2.34. The van der Waals surface area contributed by atoms with Crippen molar-refractivity contribution >= 4 is 0 Å². The van der Waals surface area contributed by atoms with Gasteiger partial charge in [0.25, 0.3) is 0 Å². The van der Waals surface area contributed by atoms with Crippen molar-refractivity contribution in [3.63, 3.8) is 0 Å². The summed E-state index contributed by atoms with van der Waals surface area (Å²) in [4.78, 5) is 2.56. The molecule has 3 atom stereocenters. The Balaban J connectivity index is 1.86. The Bertz CT molecular complexity index is 257. The molecule has 0 aliphatic carbocycles. The third-order valence-corrected chi connectivity index (χ3v) is 4.40. The summed E-state index contributed by atoms with van der Waals surface area (Å²) in [5.41, 5.74) is 0. The average molecular weight is 221 g/mol. The van der Waals surface area contributed by atoms with Gasteiger partial charge in [0.1, 0.15) is 0 Å². The highest BCUT2D eigenvalue weighted by atomic mass is 15.2. The van der Waals surface area contributed by atoms with Crippen LogP contribution in [0.2, 0.25) is 0 Å². The van der Waals surface area contributed by atoms with Crippen LogP contribution in [0.4, 0.5) is 0 Å². The molecule has 0 aromatic rings. The molecule has 2 saturated heterocycles. The van der Waals surface area contributed by atoms with Crippen LogP contribution in [-0.4, -0.2) is 36.1 Å². The number of hydrogen-bond donors (Lipinski definition) is 1. The molecule has 1 N–H and O–H groups in total. The van der Waals surface area contributed by atoms with Gasteiger partial charge in [0, 0.05) is 24.2 Å². The van der Waals surface area contributed by atoms with Gasteiger partial charge in [-0.2, -0.15) is 5.26 Å². The van der Waals surface area contributed by atoms with Crippen LogP contribution >= 0.6 is 0 Å². The van der Waals surface area contributed by atoms with Crippen LogP contribution < -0.4 is 5.32 Å². The molecule has 16 heavy (non-hydrogen) atoms. The van der Waals surface area contributed by atoms with Crippen LogP contribution in [-0.2, 0) is 0 Å². The summed E-state index contributed by atoms with van der Waals surface area (Å²) in [6.07, 6.45) is 7.00. The van der Waals surface area contributed by atoms with E-state index in [4.69, 9.17) is 5.26 Å². The number of nitrogens with zero attached hydrogens (tertiary/aromatic N) is 2.